The lowest BCUT2D eigenvalue weighted by molar-refractivity contribution is -0.129. The highest BCUT2D eigenvalue weighted by molar-refractivity contribution is 7.98. The molecule has 11 nitrogen and oxygen atoms in total. The van der Waals surface area contributed by atoms with Crippen LogP contribution < -0.4 is 10.6 Å². The average molecular weight is 568 g/mol. The van der Waals surface area contributed by atoms with E-state index in [0.29, 0.717) is 49.8 Å². The lowest BCUT2D eigenvalue weighted by atomic mass is 10.0. The summed E-state index contributed by atoms with van der Waals surface area (Å²) in [6, 6.07) is 8.51. The Labute approximate surface area is 238 Å². The first kappa shape index (κ1) is 29.3. The molecule has 2 N–H and O–H groups in total. The number of benzene rings is 1. The number of rotatable bonds is 6. The van der Waals surface area contributed by atoms with Gasteiger partial charge in [-0.1, -0.05) is 44.2 Å². The number of aromatic nitrogens is 4. The van der Waals surface area contributed by atoms with E-state index in [1.54, 1.807) is 28.3 Å². The number of aryl methyl sites for hydroxylation is 1. The first-order chi connectivity index (χ1) is 19.3. The summed E-state index contributed by atoms with van der Waals surface area (Å²) in [4.78, 5) is 50.3. The molecule has 0 unspecified atom stereocenters. The molecule has 0 bridgehead atoms. The second-order valence-electron chi connectivity index (χ2n) is 10.2. The summed E-state index contributed by atoms with van der Waals surface area (Å²) in [5, 5.41) is 10.9. The van der Waals surface area contributed by atoms with Crippen LogP contribution in [0, 0.1) is 12.8 Å². The van der Waals surface area contributed by atoms with E-state index in [9.17, 15) is 14.4 Å². The van der Waals surface area contributed by atoms with Gasteiger partial charge >= 0.3 is 0 Å². The minimum Gasteiger partial charge on any atom is -0.438 e. The molecule has 40 heavy (non-hydrogen) atoms. The van der Waals surface area contributed by atoms with E-state index in [1.165, 1.54) is 6.39 Å². The summed E-state index contributed by atoms with van der Waals surface area (Å²) in [6.45, 7) is 6.72. The molecule has 1 aromatic carbocycles. The molecule has 1 aliphatic heterocycles. The third kappa shape index (κ3) is 7.09. The highest BCUT2D eigenvalue weighted by atomic mass is 32.2. The van der Waals surface area contributed by atoms with Crippen LogP contribution in [-0.2, 0) is 16.1 Å². The molecule has 0 aliphatic carbocycles. The molecular weight excluding hydrogens is 530 g/mol. The van der Waals surface area contributed by atoms with Crippen molar-refractivity contribution in [2.75, 3.05) is 25.1 Å². The van der Waals surface area contributed by atoms with E-state index in [-0.39, 0.29) is 35.8 Å². The van der Waals surface area contributed by atoms with Gasteiger partial charge in [0.05, 0.1) is 18.3 Å². The van der Waals surface area contributed by atoms with Crippen molar-refractivity contribution >= 4 is 29.5 Å². The Balaban J connectivity index is 1.73. The molecule has 0 spiro atoms. The maximum Gasteiger partial charge on any atom is 0.291 e. The van der Waals surface area contributed by atoms with Crippen molar-refractivity contribution < 1.29 is 18.8 Å². The topological polar surface area (TPSA) is 135 Å². The lowest BCUT2D eigenvalue weighted by Gasteiger charge is -2.27. The Morgan fingerprint density at radius 1 is 1.15 bits per heavy atom. The zero-order valence-corrected chi connectivity index (χ0v) is 24.2. The van der Waals surface area contributed by atoms with Crippen LogP contribution in [0.1, 0.15) is 61.2 Å². The summed E-state index contributed by atoms with van der Waals surface area (Å²) >= 11 is 1.62. The van der Waals surface area contributed by atoms with Gasteiger partial charge in [0, 0.05) is 25.1 Å². The van der Waals surface area contributed by atoms with Crippen LogP contribution in [0.3, 0.4) is 0 Å². The fraction of sp³-hybridized carbons (Fsp3) is 0.500. The van der Waals surface area contributed by atoms with Crippen LogP contribution in [-0.4, -0.2) is 73.5 Å². The molecule has 0 saturated carbocycles. The van der Waals surface area contributed by atoms with Crippen molar-refractivity contribution in [3.05, 3.63) is 54.0 Å². The van der Waals surface area contributed by atoms with Crippen LogP contribution >= 0.6 is 11.8 Å². The quantitative estimate of drug-likeness (QED) is 0.464. The van der Waals surface area contributed by atoms with Crippen LogP contribution in [0.2, 0.25) is 0 Å². The Morgan fingerprint density at radius 2 is 1.93 bits per heavy atom. The summed E-state index contributed by atoms with van der Waals surface area (Å²) < 4.78 is 7.17. The second kappa shape index (κ2) is 13.6. The van der Waals surface area contributed by atoms with Crippen molar-refractivity contribution in [3.63, 3.8) is 0 Å². The Kier molecular flexibility index (Phi) is 9.97. The number of hydrogen-bond acceptors (Lipinski definition) is 8. The predicted octanol–water partition coefficient (Wildman–Crippen LogP) is 3.23. The molecule has 2 aromatic heterocycles. The normalized spacial score (nSPS) is 19.1. The van der Waals surface area contributed by atoms with Gasteiger partial charge in [-0.25, -0.2) is 14.6 Å². The highest BCUT2D eigenvalue weighted by Crippen LogP contribution is 2.25. The molecule has 1 aliphatic rings. The van der Waals surface area contributed by atoms with E-state index in [2.05, 4.69) is 15.6 Å². The van der Waals surface area contributed by atoms with Crippen molar-refractivity contribution in [2.45, 2.75) is 58.7 Å². The Morgan fingerprint density at radius 3 is 2.60 bits per heavy atom. The first-order valence-corrected chi connectivity index (χ1v) is 15.0. The van der Waals surface area contributed by atoms with Crippen molar-refractivity contribution in [1.82, 2.24) is 35.3 Å². The number of fused-ring (bicyclic) bond motifs is 1. The largest absolute Gasteiger partial charge is 0.438 e. The summed E-state index contributed by atoms with van der Waals surface area (Å²) in [6.07, 6.45) is 4.33. The van der Waals surface area contributed by atoms with Gasteiger partial charge in [-0.05, 0) is 37.7 Å². The van der Waals surface area contributed by atoms with Gasteiger partial charge in [0.2, 0.25) is 17.6 Å². The Hall–Kier alpha value is -3.67. The fourth-order valence-corrected chi connectivity index (χ4v) is 5.10. The lowest BCUT2D eigenvalue weighted by Crippen LogP contribution is -2.49. The van der Waals surface area contributed by atoms with Gasteiger partial charge in [-0.2, -0.15) is 16.9 Å². The zero-order chi connectivity index (χ0) is 28.6. The molecule has 12 heteroatoms. The third-order valence-corrected chi connectivity index (χ3v) is 7.52. The maximum atomic E-state index is 13.5. The molecule has 2 atom stereocenters. The van der Waals surface area contributed by atoms with E-state index < -0.39 is 12.1 Å². The Bertz CT molecular complexity index is 1310. The standard InChI is InChI=1S/C28H37N7O4S/c1-18(2)23-26-32-25(20-9-6-5-7-10-20)33-35(26)15-14-34(28(38)24-19(3)29-17-39-24)13-8-11-22(36)30-21(12-16-40-4)27(37)31-23/h5-7,9-10,17-18,21,23H,8,11-16H2,1-4H3,(H,30,36)(H,31,37)/t21-,23+/m0/s1. The first-order valence-electron chi connectivity index (χ1n) is 13.6. The van der Waals surface area contributed by atoms with E-state index in [4.69, 9.17) is 14.5 Å². The van der Waals surface area contributed by atoms with Crippen molar-refractivity contribution in [3.8, 4) is 11.4 Å². The van der Waals surface area contributed by atoms with E-state index >= 15 is 0 Å². The number of hydrogen-bond donors (Lipinski definition) is 2. The number of carbonyl (C=O) groups excluding carboxylic acids is 3. The van der Waals surface area contributed by atoms with Crippen LogP contribution in [0.5, 0.6) is 0 Å². The van der Waals surface area contributed by atoms with Crippen molar-refractivity contribution in [2.24, 2.45) is 5.92 Å². The molecule has 4 rings (SSSR count). The number of carbonyl (C=O) groups is 3. The smallest absolute Gasteiger partial charge is 0.291 e. The monoisotopic (exact) mass is 567 g/mol. The molecule has 0 radical (unpaired) electrons. The molecule has 3 amide bonds. The van der Waals surface area contributed by atoms with Gasteiger partial charge in [0.1, 0.15) is 6.04 Å². The van der Waals surface area contributed by atoms with Crippen LogP contribution in [0.4, 0.5) is 0 Å². The van der Waals surface area contributed by atoms with Crippen LogP contribution in [0.25, 0.3) is 11.4 Å². The fourth-order valence-electron chi connectivity index (χ4n) is 4.62. The van der Waals surface area contributed by atoms with Crippen LogP contribution in [0.15, 0.2) is 41.1 Å². The van der Waals surface area contributed by atoms with E-state index in [0.717, 1.165) is 11.3 Å². The number of nitrogens with zero attached hydrogens (tertiary/aromatic N) is 5. The SMILES string of the molecule is CSCC[C@@H]1NC(=O)CCCN(C(=O)c2ocnc2C)CCn2nc(-c3ccccc3)nc2[C@@H](C(C)C)NC1=O. The predicted molar refractivity (Wildman–Crippen MR) is 152 cm³/mol. The molecule has 3 aromatic rings. The highest BCUT2D eigenvalue weighted by Gasteiger charge is 2.30. The van der Waals surface area contributed by atoms with Gasteiger partial charge < -0.3 is 20.0 Å². The number of nitrogens with one attached hydrogen (secondary N) is 2. The minimum atomic E-state index is -0.677. The molecule has 0 fully saturated rings. The van der Waals surface area contributed by atoms with Gasteiger partial charge in [-0.3, -0.25) is 14.4 Å². The molecule has 0 saturated heterocycles. The molecular formula is C28H37N7O4S. The summed E-state index contributed by atoms with van der Waals surface area (Å²) in [5.74, 6) is 1.25. The second-order valence-corrected chi connectivity index (χ2v) is 11.2. The van der Waals surface area contributed by atoms with Gasteiger partial charge in [0.25, 0.3) is 5.91 Å². The van der Waals surface area contributed by atoms with Crippen molar-refractivity contribution in [1.29, 1.82) is 0 Å². The minimum absolute atomic E-state index is 0.0186. The zero-order valence-electron chi connectivity index (χ0n) is 23.4. The molecule has 3 heterocycles. The van der Waals surface area contributed by atoms with E-state index in [1.807, 2.05) is 50.4 Å². The molecule has 214 valence electrons. The van der Waals surface area contributed by atoms with Gasteiger partial charge in [0.15, 0.2) is 18.0 Å². The number of amides is 3. The summed E-state index contributed by atoms with van der Waals surface area (Å²) in [5.41, 5.74) is 1.36. The number of oxazole rings is 1. The van der Waals surface area contributed by atoms with Gasteiger partial charge in [-0.15, -0.1) is 0 Å². The number of thioether (sulfide) groups is 1. The maximum absolute atomic E-state index is 13.5. The third-order valence-electron chi connectivity index (χ3n) is 6.88. The average Bonchev–Trinajstić information content (AvgIpc) is 3.57. The summed E-state index contributed by atoms with van der Waals surface area (Å²) in [7, 11) is 0.